The number of carbonyl (C=O) groups excluding carboxylic acids is 2. The Morgan fingerprint density at radius 3 is 2.75 bits per heavy atom. The van der Waals surface area contributed by atoms with Gasteiger partial charge in [-0.2, -0.15) is 0 Å². The Balaban J connectivity index is 2.01. The van der Waals surface area contributed by atoms with Crippen LogP contribution in [-0.2, 0) is 11.3 Å². The first-order valence-corrected chi connectivity index (χ1v) is 7.54. The van der Waals surface area contributed by atoms with Crippen LogP contribution < -0.4 is 0 Å². The fraction of sp³-hybridized carbons (Fsp3) is 0.467. The van der Waals surface area contributed by atoms with Crippen molar-refractivity contribution in [3.05, 3.63) is 33.3 Å². The largest absolute Gasteiger partial charge is 0.465 e. The molecule has 106 valence electrons. The van der Waals surface area contributed by atoms with Gasteiger partial charge in [-0.05, 0) is 43.4 Å². The third kappa shape index (κ3) is 2.14. The Labute approximate surface area is 126 Å². The van der Waals surface area contributed by atoms with E-state index in [9.17, 15) is 9.59 Å². The molecule has 1 heterocycles. The molecule has 0 spiro atoms. The standard InChI is InChI=1S/C15H16BrNO3/c1-8(9-3-4-9)17-7-10-5-11(16)6-12(15(19)20-2)13(10)14(17)18/h5-6,8-9H,3-4,7H2,1-2H3/t8-/m0/s1. The van der Waals surface area contributed by atoms with Gasteiger partial charge in [-0.3, -0.25) is 4.79 Å². The summed E-state index contributed by atoms with van der Waals surface area (Å²) in [6.07, 6.45) is 2.38. The number of nitrogens with zero attached hydrogens (tertiary/aromatic N) is 1. The smallest absolute Gasteiger partial charge is 0.338 e. The minimum atomic E-state index is -0.461. The molecule has 1 aromatic carbocycles. The highest BCUT2D eigenvalue weighted by atomic mass is 79.9. The van der Waals surface area contributed by atoms with Crippen molar-refractivity contribution in [2.45, 2.75) is 32.4 Å². The topological polar surface area (TPSA) is 46.6 Å². The van der Waals surface area contributed by atoms with Gasteiger partial charge in [0.1, 0.15) is 0 Å². The molecule has 1 amide bonds. The first-order chi connectivity index (χ1) is 9.52. The fourth-order valence-electron chi connectivity index (χ4n) is 2.87. The molecule has 0 aromatic heterocycles. The summed E-state index contributed by atoms with van der Waals surface area (Å²) >= 11 is 3.39. The summed E-state index contributed by atoms with van der Waals surface area (Å²) in [5, 5.41) is 0. The summed E-state index contributed by atoms with van der Waals surface area (Å²) in [7, 11) is 1.33. The molecule has 1 fully saturated rings. The lowest BCUT2D eigenvalue weighted by Crippen LogP contribution is -2.35. The van der Waals surface area contributed by atoms with Crippen LogP contribution in [0.3, 0.4) is 0 Å². The highest BCUT2D eigenvalue weighted by Gasteiger charge is 2.40. The number of ether oxygens (including phenoxy) is 1. The fourth-order valence-corrected chi connectivity index (χ4v) is 3.38. The first kappa shape index (κ1) is 13.6. The van der Waals surface area contributed by atoms with Gasteiger partial charge in [-0.25, -0.2) is 4.79 Å². The molecule has 1 aromatic rings. The van der Waals surface area contributed by atoms with Crippen molar-refractivity contribution in [3.63, 3.8) is 0 Å². The lowest BCUT2D eigenvalue weighted by molar-refractivity contribution is 0.0588. The lowest BCUT2D eigenvalue weighted by Gasteiger charge is -2.24. The van der Waals surface area contributed by atoms with E-state index in [2.05, 4.69) is 22.9 Å². The third-order valence-corrected chi connectivity index (χ3v) is 4.66. The van der Waals surface area contributed by atoms with Crippen molar-refractivity contribution in [1.82, 2.24) is 4.90 Å². The highest BCUT2D eigenvalue weighted by molar-refractivity contribution is 9.10. The van der Waals surface area contributed by atoms with Crippen LogP contribution in [0.25, 0.3) is 0 Å². The van der Waals surface area contributed by atoms with Crippen molar-refractivity contribution in [3.8, 4) is 0 Å². The molecular weight excluding hydrogens is 322 g/mol. The van der Waals surface area contributed by atoms with E-state index < -0.39 is 5.97 Å². The predicted molar refractivity (Wildman–Crippen MR) is 77.5 cm³/mol. The van der Waals surface area contributed by atoms with Gasteiger partial charge in [0, 0.05) is 17.1 Å². The number of carbonyl (C=O) groups is 2. The van der Waals surface area contributed by atoms with Crippen LogP contribution in [0.5, 0.6) is 0 Å². The van der Waals surface area contributed by atoms with Crippen LogP contribution in [0.4, 0.5) is 0 Å². The van der Waals surface area contributed by atoms with E-state index in [1.807, 2.05) is 11.0 Å². The molecule has 1 saturated carbocycles. The van der Waals surface area contributed by atoms with Crippen molar-refractivity contribution < 1.29 is 14.3 Å². The van der Waals surface area contributed by atoms with Crippen LogP contribution in [0, 0.1) is 5.92 Å². The molecular formula is C15H16BrNO3. The number of fused-ring (bicyclic) bond motifs is 1. The number of esters is 1. The minimum Gasteiger partial charge on any atom is -0.465 e. The zero-order valence-electron chi connectivity index (χ0n) is 11.5. The highest BCUT2D eigenvalue weighted by Crippen LogP contribution is 2.39. The maximum atomic E-state index is 12.6. The SMILES string of the molecule is COC(=O)c1cc(Br)cc2c1C(=O)N([C@@H](C)C1CC1)C2. The van der Waals surface area contributed by atoms with Crippen molar-refractivity contribution in [2.75, 3.05) is 7.11 Å². The molecule has 3 rings (SSSR count). The van der Waals surface area contributed by atoms with Crippen LogP contribution in [0.15, 0.2) is 16.6 Å². The van der Waals surface area contributed by atoms with Gasteiger partial charge in [0.15, 0.2) is 0 Å². The molecule has 0 bridgehead atoms. The van der Waals surface area contributed by atoms with Gasteiger partial charge in [-0.1, -0.05) is 15.9 Å². The summed E-state index contributed by atoms with van der Waals surface area (Å²) in [4.78, 5) is 26.4. The van der Waals surface area contributed by atoms with Crippen molar-refractivity contribution in [1.29, 1.82) is 0 Å². The Bertz CT molecular complexity index is 595. The molecule has 0 radical (unpaired) electrons. The normalized spacial score (nSPS) is 18.9. The average molecular weight is 338 g/mol. The van der Waals surface area contributed by atoms with E-state index in [-0.39, 0.29) is 11.9 Å². The van der Waals surface area contributed by atoms with E-state index in [0.29, 0.717) is 23.6 Å². The monoisotopic (exact) mass is 337 g/mol. The lowest BCUT2D eigenvalue weighted by atomic mass is 10.0. The second kappa shape index (κ2) is 4.88. The van der Waals surface area contributed by atoms with Crippen molar-refractivity contribution in [2.24, 2.45) is 5.92 Å². The number of hydrogen-bond donors (Lipinski definition) is 0. The Morgan fingerprint density at radius 2 is 2.15 bits per heavy atom. The summed E-state index contributed by atoms with van der Waals surface area (Å²) in [6.45, 7) is 2.67. The van der Waals surface area contributed by atoms with E-state index in [1.54, 1.807) is 6.07 Å². The number of rotatable bonds is 3. The van der Waals surface area contributed by atoms with Gasteiger partial charge in [0.2, 0.25) is 0 Å². The number of halogens is 1. The van der Waals surface area contributed by atoms with Crippen LogP contribution in [0.1, 0.15) is 46.0 Å². The predicted octanol–water partition coefficient (Wildman–Crippen LogP) is 2.99. The van der Waals surface area contributed by atoms with Gasteiger partial charge in [-0.15, -0.1) is 0 Å². The summed E-state index contributed by atoms with van der Waals surface area (Å²) in [5.41, 5.74) is 1.76. The molecule has 5 heteroatoms. The summed E-state index contributed by atoms with van der Waals surface area (Å²) in [6, 6.07) is 3.81. The Hall–Kier alpha value is -1.36. The third-order valence-electron chi connectivity index (χ3n) is 4.20. The van der Waals surface area contributed by atoms with Crippen molar-refractivity contribution >= 4 is 27.8 Å². The molecule has 0 saturated heterocycles. The van der Waals surface area contributed by atoms with Crippen LogP contribution in [0.2, 0.25) is 0 Å². The maximum absolute atomic E-state index is 12.6. The van der Waals surface area contributed by atoms with E-state index in [1.165, 1.54) is 20.0 Å². The Kier molecular flexibility index (Phi) is 3.32. The second-order valence-electron chi connectivity index (χ2n) is 5.49. The molecule has 2 aliphatic rings. The number of hydrogen-bond acceptors (Lipinski definition) is 3. The Morgan fingerprint density at radius 1 is 1.45 bits per heavy atom. The molecule has 1 atom stereocenters. The van der Waals surface area contributed by atoms with Gasteiger partial charge >= 0.3 is 5.97 Å². The van der Waals surface area contributed by atoms with E-state index in [4.69, 9.17) is 4.74 Å². The number of methoxy groups -OCH3 is 1. The van der Waals surface area contributed by atoms with Gasteiger partial charge in [0.05, 0.1) is 18.2 Å². The summed E-state index contributed by atoms with van der Waals surface area (Å²) < 4.78 is 5.59. The van der Waals surface area contributed by atoms with E-state index in [0.717, 1.165) is 10.0 Å². The van der Waals surface area contributed by atoms with E-state index >= 15 is 0 Å². The zero-order chi connectivity index (χ0) is 14.4. The average Bonchev–Trinajstić information content (AvgIpc) is 3.21. The number of benzene rings is 1. The minimum absolute atomic E-state index is 0.0488. The second-order valence-corrected chi connectivity index (χ2v) is 6.41. The zero-order valence-corrected chi connectivity index (χ0v) is 13.1. The molecule has 20 heavy (non-hydrogen) atoms. The summed E-state index contributed by atoms with van der Waals surface area (Å²) in [5.74, 6) is 0.0994. The molecule has 1 aliphatic carbocycles. The quantitative estimate of drug-likeness (QED) is 0.796. The number of amides is 1. The molecule has 4 nitrogen and oxygen atoms in total. The maximum Gasteiger partial charge on any atom is 0.338 e. The molecule has 0 unspecified atom stereocenters. The van der Waals surface area contributed by atoms with Gasteiger partial charge in [0.25, 0.3) is 5.91 Å². The van der Waals surface area contributed by atoms with Crippen LogP contribution >= 0.6 is 15.9 Å². The molecule has 0 N–H and O–H groups in total. The van der Waals surface area contributed by atoms with Gasteiger partial charge < -0.3 is 9.64 Å². The molecule has 1 aliphatic heterocycles. The first-order valence-electron chi connectivity index (χ1n) is 6.74. The van der Waals surface area contributed by atoms with Crippen LogP contribution in [-0.4, -0.2) is 29.9 Å².